The molecule has 184 valence electrons. The second kappa shape index (κ2) is 11.7. The number of thiocarbonyl (C=S) groups is 1. The van der Waals surface area contributed by atoms with E-state index in [2.05, 4.69) is 5.43 Å². The number of hydrogen-bond acceptors (Lipinski definition) is 7. The Bertz CT molecular complexity index is 1290. The zero-order valence-electron chi connectivity index (χ0n) is 19.7. The molecule has 1 fully saturated rings. The summed E-state index contributed by atoms with van der Waals surface area (Å²) in [6.07, 6.45) is 1.70. The van der Waals surface area contributed by atoms with Crippen molar-refractivity contribution in [2.24, 2.45) is 0 Å². The highest BCUT2D eigenvalue weighted by molar-refractivity contribution is 8.26. The summed E-state index contributed by atoms with van der Waals surface area (Å²) in [5.41, 5.74) is 4.75. The maximum atomic E-state index is 12.9. The molecule has 9 heteroatoms. The van der Waals surface area contributed by atoms with Crippen LogP contribution in [0.25, 0.3) is 6.08 Å². The summed E-state index contributed by atoms with van der Waals surface area (Å²) in [5.74, 6) is 0.952. The average molecular weight is 521 g/mol. The highest BCUT2D eigenvalue weighted by atomic mass is 32.2. The number of hydrazine groups is 1. The number of ether oxygens (including phenoxy) is 3. The van der Waals surface area contributed by atoms with E-state index in [0.717, 1.165) is 27.9 Å². The molecule has 2 amide bonds. The third-order valence-electron chi connectivity index (χ3n) is 5.16. The second-order valence-electron chi connectivity index (χ2n) is 7.60. The highest BCUT2D eigenvalue weighted by Gasteiger charge is 2.33. The van der Waals surface area contributed by atoms with Gasteiger partial charge in [-0.25, -0.2) is 0 Å². The molecule has 1 saturated heterocycles. The minimum Gasteiger partial charge on any atom is -0.493 e. The molecule has 0 saturated carbocycles. The van der Waals surface area contributed by atoms with Crippen molar-refractivity contribution in [3.63, 3.8) is 0 Å². The molecule has 0 atom stereocenters. The third-order valence-corrected chi connectivity index (χ3v) is 6.46. The number of benzene rings is 3. The zero-order valence-corrected chi connectivity index (χ0v) is 21.4. The van der Waals surface area contributed by atoms with Gasteiger partial charge in [-0.3, -0.25) is 15.0 Å². The third kappa shape index (κ3) is 6.05. The molecule has 3 aromatic rings. The van der Waals surface area contributed by atoms with Gasteiger partial charge in [0.05, 0.1) is 18.6 Å². The van der Waals surface area contributed by atoms with Crippen molar-refractivity contribution in [3.05, 3.63) is 94.4 Å². The fraction of sp³-hybridized carbons (Fsp3) is 0.148. The van der Waals surface area contributed by atoms with E-state index in [4.69, 9.17) is 26.4 Å². The van der Waals surface area contributed by atoms with Gasteiger partial charge in [0.15, 0.2) is 15.8 Å². The van der Waals surface area contributed by atoms with Crippen molar-refractivity contribution < 1.29 is 23.8 Å². The van der Waals surface area contributed by atoms with Gasteiger partial charge in [0.25, 0.3) is 11.8 Å². The van der Waals surface area contributed by atoms with Gasteiger partial charge in [0.1, 0.15) is 12.4 Å². The molecular formula is C27H24N2O5S2. The van der Waals surface area contributed by atoms with E-state index in [1.54, 1.807) is 49.6 Å². The normalized spacial score (nSPS) is 14.2. The summed E-state index contributed by atoms with van der Waals surface area (Å²) < 4.78 is 16.9. The van der Waals surface area contributed by atoms with Gasteiger partial charge in [-0.1, -0.05) is 48.2 Å². The Balaban J connectivity index is 1.39. The molecule has 7 nitrogen and oxygen atoms in total. The quantitative estimate of drug-likeness (QED) is 0.306. The Labute approximate surface area is 219 Å². The molecule has 0 unspecified atom stereocenters. The molecule has 0 bridgehead atoms. The van der Waals surface area contributed by atoms with E-state index >= 15 is 0 Å². The molecule has 3 aromatic carbocycles. The molecular weight excluding hydrogens is 496 g/mol. The highest BCUT2D eigenvalue weighted by Crippen LogP contribution is 2.34. The summed E-state index contributed by atoms with van der Waals surface area (Å²) in [7, 11) is 1.55. The zero-order chi connectivity index (χ0) is 25.5. The number of thioether (sulfide) groups is 1. The molecule has 1 aliphatic heterocycles. The van der Waals surface area contributed by atoms with E-state index in [1.807, 2.05) is 43.3 Å². The lowest BCUT2D eigenvalue weighted by Crippen LogP contribution is -2.44. The SMILES string of the molecule is CCOc1ccc(C=C2SC(=S)N(NC(=O)c3ccc(OCc4ccccc4)cc3)C2=O)cc1OC. The molecule has 4 rings (SSSR count). The van der Waals surface area contributed by atoms with Gasteiger partial charge in [-0.15, -0.1) is 0 Å². The van der Waals surface area contributed by atoms with Crippen LogP contribution in [0.1, 0.15) is 28.4 Å². The number of methoxy groups -OCH3 is 1. The molecule has 0 spiro atoms. The summed E-state index contributed by atoms with van der Waals surface area (Å²) in [6, 6.07) is 21.9. The second-order valence-corrected chi connectivity index (χ2v) is 9.28. The van der Waals surface area contributed by atoms with Crippen molar-refractivity contribution in [1.29, 1.82) is 0 Å². The van der Waals surface area contributed by atoms with Gasteiger partial charge in [0.2, 0.25) is 0 Å². The van der Waals surface area contributed by atoms with Gasteiger partial charge >= 0.3 is 0 Å². The van der Waals surface area contributed by atoms with Gasteiger partial charge in [0, 0.05) is 5.56 Å². The number of nitrogens with one attached hydrogen (secondary N) is 1. The van der Waals surface area contributed by atoms with Crippen molar-refractivity contribution in [2.75, 3.05) is 13.7 Å². The summed E-state index contributed by atoms with van der Waals surface area (Å²) >= 11 is 6.44. The number of hydrogen-bond donors (Lipinski definition) is 1. The Morgan fingerprint density at radius 1 is 1.03 bits per heavy atom. The van der Waals surface area contributed by atoms with Gasteiger partial charge < -0.3 is 14.2 Å². The minimum absolute atomic E-state index is 0.236. The first-order valence-electron chi connectivity index (χ1n) is 11.1. The lowest BCUT2D eigenvalue weighted by Gasteiger charge is -2.16. The molecule has 1 N–H and O–H groups in total. The van der Waals surface area contributed by atoms with Crippen LogP contribution in [0.15, 0.2) is 77.7 Å². The fourth-order valence-electron chi connectivity index (χ4n) is 3.37. The summed E-state index contributed by atoms with van der Waals surface area (Å²) in [4.78, 5) is 26.1. The van der Waals surface area contributed by atoms with Crippen molar-refractivity contribution in [3.8, 4) is 17.2 Å². The van der Waals surface area contributed by atoms with Gasteiger partial charge in [-0.2, -0.15) is 5.01 Å². The number of rotatable bonds is 9. The summed E-state index contributed by atoms with van der Waals surface area (Å²) in [5, 5.41) is 1.08. The first-order chi connectivity index (χ1) is 17.5. The van der Waals surface area contributed by atoms with E-state index in [0.29, 0.717) is 40.9 Å². The molecule has 0 aliphatic carbocycles. The minimum atomic E-state index is -0.454. The predicted molar refractivity (Wildman–Crippen MR) is 144 cm³/mol. The maximum absolute atomic E-state index is 12.9. The van der Waals surface area contributed by atoms with E-state index in [-0.39, 0.29) is 4.32 Å². The largest absolute Gasteiger partial charge is 0.493 e. The van der Waals surface area contributed by atoms with Crippen molar-refractivity contribution in [2.45, 2.75) is 13.5 Å². The van der Waals surface area contributed by atoms with E-state index in [9.17, 15) is 9.59 Å². The topological polar surface area (TPSA) is 77.1 Å². The lowest BCUT2D eigenvalue weighted by molar-refractivity contribution is -0.123. The smallest absolute Gasteiger partial charge is 0.285 e. The van der Waals surface area contributed by atoms with Crippen LogP contribution in [0.3, 0.4) is 0 Å². The lowest BCUT2D eigenvalue weighted by atomic mass is 10.2. The van der Waals surface area contributed by atoms with Crippen LogP contribution in [-0.2, 0) is 11.4 Å². The van der Waals surface area contributed by atoms with Crippen LogP contribution in [-0.4, -0.2) is 34.9 Å². The predicted octanol–water partition coefficient (Wildman–Crippen LogP) is 5.22. The van der Waals surface area contributed by atoms with Crippen LogP contribution in [0.5, 0.6) is 17.2 Å². The Morgan fingerprint density at radius 3 is 2.47 bits per heavy atom. The molecule has 1 aliphatic rings. The van der Waals surface area contributed by atoms with Crippen LogP contribution in [0.2, 0.25) is 0 Å². The van der Waals surface area contributed by atoms with E-state index < -0.39 is 11.8 Å². The maximum Gasteiger partial charge on any atom is 0.285 e. The number of carbonyl (C=O) groups is 2. The molecule has 0 radical (unpaired) electrons. The van der Waals surface area contributed by atoms with Crippen molar-refractivity contribution in [1.82, 2.24) is 10.4 Å². The molecule has 36 heavy (non-hydrogen) atoms. The molecule has 1 heterocycles. The number of nitrogens with zero attached hydrogens (tertiary/aromatic N) is 1. The number of carbonyl (C=O) groups excluding carboxylic acids is 2. The van der Waals surface area contributed by atoms with Crippen molar-refractivity contribution >= 4 is 46.2 Å². The first kappa shape index (κ1) is 25.3. The number of amides is 2. The monoisotopic (exact) mass is 520 g/mol. The Morgan fingerprint density at radius 2 is 1.78 bits per heavy atom. The standard InChI is InChI=1S/C27H24N2O5S2/c1-3-33-22-14-9-19(15-23(22)32-2)16-24-26(31)29(27(35)36-24)28-25(30)20-10-12-21(13-11-20)34-17-18-7-5-4-6-8-18/h4-16H,3,17H2,1-2H3,(H,28,30). The van der Waals surface area contributed by atoms with Crippen LogP contribution < -0.4 is 19.6 Å². The first-order valence-corrected chi connectivity index (χ1v) is 12.4. The van der Waals surface area contributed by atoms with Crippen LogP contribution >= 0.6 is 24.0 Å². The van der Waals surface area contributed by atoms with Gasteiger partial charge in [-0.05, 0) is 72.7 Å². The average Bonchev–Trinajstić information content (AvgIpc) is 3.16. The fourth-order valence-corrected chi connectivity index (χ4v) is 4.55. The van der Waals surface area contributed by atoms with E-state index in [1.165, 1.54) is 0 Å². The van der Waals surface area contributed by atoms with Crippen LogP contribution in [0, 0.1) is 0 Å². The van der Waals surface area contributed by atoms with Crippen LogP contribution in [0.4, 0.5) is 0 Å². The molecule has 0 aromatic heterocycles. The Hall–Kier alpha value is -3.82. The Kier molecular flexibility index (Phi) is 8.24. The summed E-state index contributed by atoms with van der Waals surface area (Å²) in [6.45, 7) is 2.83.